The van der Waals surface area contributed by atoms with Crippen LogP contribution in [0.2, 0.25) is 0 Å². The van der Waals surface area contributed by atoms with Gasteiger partial charge in [-0.15, -0.1) is 0 Å². The highest BCUT2D eigenvalue weighted by molar-refractivity contribution is 5.78. The number of hydrogen-bond donors (Lipinski definition) is 0. The number of benzene rings is 2. The minimum absolute atomic E-state index is 0.118. The van der Waals surface area contributed by atoms with Gasteiger partial charge in [0, 0.05) is 13.6 Å². The van der Waals surface area contributed by atoms with Crippen molar-refractivity contribution in [3.8, 4) is 5.75 Å². The Morgan fingerprint density at radius 2 is 1.65 bits per heavy atom. The molecule has 0 fully saturated rings. The van der Waals surface area contributed by atoms with Crippen LogP contribution in [-0.2, 0) is 17.8 Å². The molecular weight excluding hydrogens is 250 g/mol. The van der Waals surface area contributed by atoms with Crippen molar-refractivity contribution in [3.05, 3.63) is 65.7 Å². The third kappa shape index (κ3) is 3.85. The van der Waals surface area contributed by atoms with Crippen LogP contribution in [-0.4, -0.2) is 25.0 Å². The summed E-state index contributed by atoms with van der Waals surface area (Å²) >= 11 is 0. The van der Waals surface area contributed by atoms with E-state index in [-0.39, 0.29) is 5.91 Å². The van der Waals surface area contributed by atoms with Gasteiger partial charge in [-0.3, -0.25) is 4.79 Å². The average Bonchev–Trinajstić information content (AvgIpc) is 2.49. The lowest BCUT2D eigenvalue weighted by Crippen LogP contribution is -2.27. The largest absolute Gasteiger partial charge is 0.497 e. The van der Waals surface area contributed by atoms with E-state index >= 15 is 0 Å². The molecule has 0 heterocycles. The molecular formula is C17H19NO2. The Balaban J connectivity index is 1.93. The lowest BCUT2D eigenvalue weighted by atomic mass is 10.1. The van der Waals surface area contributed by atoms with Gasteiger partial charge in [0.25, 0.3) is 0 Å². The van der Waals surface area contributed by atoms with Crippen molar-refractivity contribution in [1.82, 2.24) is 4.90 Å². The van der Waals surface area contributed by atoms with E-state index < -0.39 is 0 Å². The first kappa shape index (κ1) is 14.1. The van der Waals surface area contributed by atoms with E-state index in [2.05, 4.69) is 0 Å². The van der Waals surface area contributed by atoms with Crippen molar-refractivity contribution in [2.24, 2.45) is 0 Å². The van der Waals surface area contributed by atoms with Gasteiger partial charge in [-0.2, -0.15) is 0 Å². The number of carbonyl (C=O) groups excluding carboxylic acids is 1. The summed E-state index contributed by atoms with van der Waals surface area (Å²) in [5, 5.41) is 0. The molecule has 0 N–H and O–H groups in total. The maximum absolute atomic E-state index is 12.1. The predicted molar refractivity (Wildman–Crippen MR) is 79.6 cm³/mol. The third-order valence-corrected chi connectivity index (χ3v) is 3.20. The normalized spacial score (nSPS) is 10.1. The first-order chi connectivity index (χ1) is 9.69. The fourth-order valence-electron chi connectivity index (χ4n) is 2.00. The Morgan fingerprint density at radius 1 is 1.00 bits per heavy atom. The van der Waals surface area contributed by atoms with Crippen LogP contribution in [0.5, 0.6) is 5.75 Å². The minimum Gasteiger partial charge on any atom is -0.497 e. The molecule has 3 nitrogen and oxygen atoms in total. The van der Waals surface area contributed by atoms with E-state index in [9.17, 15) is 4.79 Å². The monoisotopic (exact) mass is 269 g/mol. The van der Waals surface area contributed by atoms with Crippen LogP contribution in [0.1, 0.15) is 11.1 Å². The molecule has 2 aromatic rings. The third-order valence-electron chi connectivity index (χ3n) is 3.20. The van der Waals surface area contributed by atoms with Crippen molar-refractivity contribution in [2.75, 3.05) is 14.2 Å². The fraction of sp³-hybridized carbons (Fsp3) is 0.235. The summed E-state index contributed by atoms with van der Waals surface area (Å²) in [6.45, 7) is 0.607. The molecule has 0 aliphatic rings. The molecule has 2 aromatic carbocycles. The molecule has 0 radical (unpaired) electrons. The number of ether oxygens (including phenoxy) is 1. The van der Waals surface area contributed by atoms with Crippen LogP contribution in [0.3, 0.4) is 0 Å². The Kier molecular flexibility index (Phi) is 4.77. The van der Waals surface area contributed by atoms with Gasteiger partial charge in [0.05, 0.1) is 13.5 Å². The molecule has 20 heavy (non-hydrogen) atoms. The van der Waals surface area contributed by atoms with E-state index in [1.165, 1.54) is 0 Å². The van der Waals surface area contributed by atoms with Gasteiger partial charge in [-0.05, 0) is 23.3 Å². The number of likely N-dealkylation sites (N-methyl/N-ethyl adjacent to an activating group) is 1. The number of nitrogens with zero attached hydrogens (tertiary/aromatic N) is 1. The van der Waals surface area contributed by atoms with Crippen molar-refractivity contribution in [1.29, 1.82) is 0 Å². The van der Waals surface area contributed by atoms with Crippen LogP contribution < -0.4 is 4.74 Å². The summed E-state index contributed by atoms with van der Waals surface area (Å²) in [5.74, 6) is 0.944. The zero-order chi connectivity index (χ0) is 14.4. The Labute approximate surface area is 119 Å². The smallest absolute Gasteiger partial charge is 0.227 e. The molecule has 0 aromatic heterocycles. The van der Waals surface area contributed by atoms with Crippen molar-refractivity contribution in [3.63, 3.8) is 0 Å². The summed E-state index contributed by atoms with van der Waals surface area (Å²) in [6, 6.07) is 17.6. The lowest BCUT2D eigenvalue weighted by molar-refractivity contribution is -0.129. The summed E-state index contributed by atoms with van der Waals surface area (Å²) in [7, 11) is 3.47. The molecule has 2 rings (SSSR count). The fourth-order valence-corrected chi connectivity index (χ4v) is 2.00. The van der Waals surface area contributed by atoms with Crippen LogP contribution >= 0.6 is 0 Å². The SMILES string of the molecule is COc1ccc(CN(C)C(=O)Cc2ccccc2)cc1. The van der Waals surface area contributed by atoms with E-state index in [0.29, 0.717) is 13.0 Å². The predicted octanol–water partition coefficient (Wildman–Crippen LogP) is 2.90. The summed E-state index contributed by atoms with van der Waals surface area (Å²) in [6.07, 6.45) is 0.438. The molecule has 0 aliphatic carbocycles. The molecule has 0 unspecified atom stereocenters. The maximum Gasteiger partial charge on any atom is 0.227 e. The Bertz CT molecular complexity index is 549. The average molecular weight is 269 g/mol. The zero-order valence-electron chi connectivity index (χ0n) is 11.9. The lowest BCUT2D eigenvalue weighted by Gasteiger charge is -2.17. The second kappa shape index (κ2) is 6.75. The standard InChI is InChI=1S/C17H19NO2/c1-18(13-15-8-10-16(20-2)11-9-15)17(19)12-14-6-4-3-5-7-14/h3-11H,12-13H2,1-2H3. The first-order valence-corrected chi connectivity index (χ1v) is 6.60. The van der Waals surface area contributed by atoms with Crippen LogP contribution in [0.4, 0.5) is 0 Å². The second-order valence-corrected chi connectivity index (χ2v) is 4.76. The second-order valence-electron chi connectivity index (χ2n) is 4.76. The van der Waals surface area contributed by atoms with E-state index in [0.717, 1.165) is 16.9 Å². The molecule has 0 aliphatic heterocycles. The summed E-state index contributed by atoms with van der Waals surface area (Å²) < 4.78 is 5.12. The topological polar surface area (TPSA) is 29.5 Å². The summed E-state index contributed by atoms with van der Waals surface area (Å²) in [4.78, 5) is 13.9. The molecule has 1 amide bonds. The van der Waals surface area contributed by atoms with E-state index in [4.69, 9.17) is 4.74 Å². The molecule has 104 valence electrons. The molecule has 3 heteroatoms. The number of rotatable bonds is 5. The van der Waals surface area contributed by atoms with Gasteiger partial charge in [0.15, 0.2) is 0 Å². The Morgan fingerprint density at radius 3 is 2.25 bits per heavy atom. The number of methoxy groups -OCH3 is 1. The molecule has 0 saturated carbocycles. The van der Waals surface area contributed by atoms with Gasteiger partial charge >= 0.3 is 0 Å². The summed E-state index contributed by atoms with van der Waals surface area (Å²) in [5.41, 5.74) is 2.13. The highest BCUT2D eigenvalue weighted by Crippen LogP contribution is 2.13. The Hall–Kier alpha value is -2.29. The van der Waals surface area contributed by atoms with Crippen LogP contribution in [0.25, 0.3) is 0 Å². The highest BCUT2D eigenvalue weighted by atomic mass is 16.5. The van der Waals surface area contributed by atoms with Gasteiger partial charge in [0.2, 0.25) is 5.91 Å². The van der Waals surface area contributed by atoms with Gasteiger partial charge in [-0.1, -0.05) is 42.5 Å². The van der Waals surface area contributed by atoms with Crippen molar-refractivity contribution >= 4 is 5.91 Å². The number of hydrogen-bond acceptors (Lipinski definition) is 2. The molecule has 0 spiro atoms. The van der Waals surface area contributed by atoms with Crippen molar-refractivity contribution < 1.29 is 9.53 Å². The van der Waals surface area contributed by atoms with Crippen LogP contribution in [0.15, 0.2) is 54.6 Å². The zero-order valence-corrected chi connectivity index (χ0v) is 11.9. The minimum atomic E-state index is 0.118. The van der Waals surface area contributed by atoms with Crippen LogP contribution in [0, 0.1) is 0 Å². The number of carbonyl (C=O) groups is 1. The maximum atomic E-state index is 12.1. The van der Waals surface area contributed by atoms with Gasteiger partial charge in [-0.25, -0.2) is 0 Å². The molecule has 0 atom stereocenters. The van der Waals surface area contributed by atoms with E-state index in [1.54, 1.807) is 12.0 Å². The van der Waals surface area contributed by atoms with Crippen molar-refractivity contribution in [2.45, 2.75) is 13.0 Å². The van der Waals surface area contributed by atoms with E-state index in [1.807, 2.05) is 61.6 Å². The van der Waals surface area contributed by atoms with Gasteiger partial charge in [0.1, 0.15) is 5.75 Å². The quantitative estimate of drug-likeness (QED) is 0.835. The van der Waals surface area contributed by atoms with Gasteiger partial charge < -0.3 is 9.64 Å². The molecule has 0 saturated heterocycles. The highest BCUT2D eigenvalue weighted by Gasteiger charge is 2.10. The number of amides is 1. The first-order valence-electron chi connectivity index (χ1n) is 6.60. The molecule has 0 bridgehead atoms.